The number of aryl methyl sites for hydroxylation is 1. The molecule has 0 aliphatic rings. The van der Waals surface area contributed by atoms with Gasteiger partial charge in [0.2, 0.25) is 0 Å². The zero-order chi connectivity index (χ0) is 24.6. The fourth-order valence-corrected chi connectivity index (χ4v) is 3.99. The van der Waals surface area contributed by atoms with Crippen LogP contribution >= 0.6 is 31.9 Å². The summed E-state index contributed by atoms with van der Waals surface area (Å²) in [7, 11) is 0. The Labute approximate surface area is 200 Å². The number of aromatic nitrogens is 2. The number of aliphatic hydroxyl groups is 1. The molecule has 0 saturated carbocycles. The van der Waals surface area contributed by atoms with Crippen LogP contribution in [0.15, 0.2) is 57.5 Å². The van der Waals surface area contributed by atoms with Gasteiger partial charge in [-0.1, -0.05) is 49.6 Å². The van der Waals surface area contributed by atoms with Crippen LogP contribution in [0.1, 0.15) is 22.5 Å². The third-order valence-corrected chi connectivity index (χ3v) is 5.81. The van der Waals surface area contributed by atoms with Gasteiger partial charge in [-0.3, -0.25) is 0 Å². The second-order valence-corrected chi connectivity index (χ2v) is 8.71. The van der Waals surface area contributed by atoms with Crippen LogP contribution in [0.4, 0.5) is 26.3 Å². The molecule has 1 N–H and O–H groups in total. The molecule has 0 fully saturated rings. The van der Waals surface area contributed by atoms with Crippen LogP contribution in [0, 0.1) is 6.92 Å². The molecule has 3 nitrogen and oxygen atoms in total. The van der Waals surface area contributed by atoms with Gasteiger partial charge >= 0.3 is 12.4 Å². The van der Waals surface area contributed by atoms with Crippen molar-refractivity contribution in [1.82, 2.24) is 9.97 Å². The maximum Gasteiger partial charge on any atom is 0.433 e. The summed E-state index contributed by atoms with van der Waals surface area (Å²) in [5.74, 6) is 0. The van der Waals surface area contributed by atoms with Crippen molar-refractivity contribution in [2.75, 3.05) is 0 Å². The predicted octanol–water partition coefficient (Wildman–Crippen LogP) is 7.83. The van der Waals surface area contributed by atoms with Crippen molar-refractivity contribution in [3.63, 3.8) is 0 Å². The molecule has 0 amide bonds. The number of rotatable bonds is 1. The lowest BCUT2D eigenvalue weighted by molar-refractivity contribution is -0.141. The molecule has 11 heteroatoms. The van der Waals surface area contributed by atoms with Crippen LogP contribution in [0.2, 0.25) is 0 Å². The summed E-state index contributed by atoms with van der Waals surface area (Å²) in [6, 6.07) is 11.7. The Morgan fingerprint density at radius 3 is 1.64 bits per heavy atom. The van der Waals surface area contributed by atoms with E-state index in [1.165, 1.54) is 6.07 Å². The van der Waals surface area contributed by atoms with Crippen LogP contribution < -0.4 is 0 Å². The molecular weight excluding hydrogens is 582 g/mol. The van der Waals surface area contributed by atoms with E-state index in [0.29, 0.717) is 30.8 Å². The van der Waals surface area contributed by atoms with Gasteiger partial charge in [0.1, 0.15) is 11.4 Å². The minimum Gasteiger partial charge on any atom is -0.392 e. The Kier molecular flexibility index (Phi) is 7.35. The third-order valence-electron chi connectivity index (χ3n) is 4.50. The Bertz CT molecular complexity index is 1320. The number of benzene rings is 2. The normalized spacial score (nSPS) is 12.1. The SMILES string of the molecule is Cc1ccc2nc(C(F)(F)F)cc(Br)c2c1.OCc1ccc2nc(C(F)(F)F)cc(Br)c2c1. The van der Waals surface area contributed by atoms with Gasteiger partial charge in [-0.2, -0.15) is 26.3 Å². The molecule has 4 rings (SSSR count). The lowest BCUT2D eigenvalue weighted by atomic mass is 10.1. The Morgan fingerprint density at radius 2 is 1.18 bits per heavy atom. The molecule has 2 aromatic heterocycles. The first-order valence-corrected chi connectivity index (χ1v) is 10.8. The highest BCUT2D eigenvalue weighted by atomic mass is 79.9. The van der Waals surface area contributed by atoms with Crippen molar-refractivity contribution in [3.05, 3.63) is 80.0 Å². The maximum atomic E-state index is 12.5. The smallest absolute Gasteiger partial charge is 0.392 e. The van der Waals surface area contributed by atoms with E-state index in [-0.39, 0.29) is 12.1 Å². The van der Waals surface area contributed by atoms with Crippen molar-refractivity contribution in [1.29, 1.82) is 0 Å². The van der Waals surface area contributed by atoms with Crippen molar-refractivity contribution in [2.24, 2.45) is 0 Å². The minimum absolute atomic E-state index is 0.163. The van der Waals surface area contributed by atoms with Crippen LogP contribution in [-0.2, 0) is 19.0 Å². The molecule has 4 aromatic rings. The van der Waals surface area contributed by atoms with E-state index in [1.54, 1.807) is 30.3 Å². The van der Waals surface area contributed by atoms with E-state index >= 15 is 0 Å². The summed E-state index contributed by atoms with van der Waals surface area (Å²) >= 11 is 6.22. The number of fused-ring (bicyclic) bond motifs is 2. The molecule has 33 heavy (non-hydrogen) atoms. The summed E-state index contributed by atoms with van der Waals surface area (Å²) in [6.45, 7) is 1.72. The first-order chi connectivity index (χ1) is 15.3. The zero-order valence-corrected chi connectivity index (χ0v) is 19.9. The van der Waals surface area contributed by atoms with E-state index < -0.39 is 23.7 Å². The number of hydrogen-bond acceptors (Lipinski definition) is 3. The number of nitrogens with zero attached hydrogens (tertiary/aromatic N) is 2. The quantitative estimate of drug-likeness (QED) is 0.228. The second kappa shape index (κ2) is 9.55. The molecule has 0 unspecified atom stereocenters. The van der Waals surface area contributed by atoms with Crippen LogP contribution in [0.3, 0.4) is 0 Å². The van der Waals surface area contributed by atoms with Gasteiger partial charge in [0.05, 0.1) is 17.6 Å². The molecule has 0 aliphatic carbocycles. The molecule has 0 saturated heterocycles. The highest BCUT2D eigenvalue weighted by molar-refractivity contribution is 9.11. The van der Waals surface area contributed by atoms with Gasteiger partial charge in [-0.25, -0.2) is 9.97 Å². The van der Waals surface area contributed by atoms with Gasteiger partial charge in [-0.15, -0.1) is 0 Å². The summed E-state index contributed by atoms with van der Waals surface area (Å²) in [6.07, 6.45) is -8.88. The summed E-state index contributed by atoms with van der Waals surface area (Å²) in [5, 5.41) is 10.2. The monoisotopic (exact) mass is 594 g/mol. The second-order valence-electron chi connectivity index (χ2n) is 7.00. The highest BCUT2D eigenvalue weighted by Gasteiger charge is 2.34. The van der Waals surface area contributed by atoms with Crippen LogP contribution in [0.5, 0.6) is 0 Å². The van der Waals surface area contributed by atoms with Crippen molar-refractivity contribution in [3.8, 4) is 0 Å². The summed E-state index contributed by atoms with van der Waals surface area (Å²) in [4.78, 5) is 7.14. The first kappa shape index (κ1) is 25.4. The van der Waals surface area contributed by atoms with Crippen molar-refractivity contribution in [2.45, 2.75) is 25.9 Å². The number of aliphatic hydroxyl groups excluding tert-OH is 1. The van der Waals surface area contributed by atoms with Crippen LogP contribution in [-0.4, -0.2) is 15.1 Å². The van der Waals surface area contributed by atoms with E-state index in [2.05, 4.69) is 41.8 Å². The van der Waals surface area contributed by atoms with E-state index in [1.807, 2.05) is 6.92 Å². The van der Waals surface area contributed by atoms with Crippen molar-refractivity contribution >= 4 is 53.7 Å². The molecule has 0 atom stereocenters. The van der Waals surface area contributed by atoms with Gasteiger partial charge in [0.25, 0.3) is 0 Å². The summed E-state index contributed by atoms with van der Waals surface area (Å²) < 4.78 is 75.7. The number of halogens is 8. The molecule has 174 valence electrons. The lowest BCUT2D eigenvalue weighted by Crippen LogP contribution is -2.08. The Balaban J connectivity index is 0.000000186. The number of alkyl halides is 6. The maximum absolute atomic E-state index is 12.5. The average molecular weight is 596 g/mol. The molecule has 0 bridgehead atoms. The van der Waals surface area contributed by atoms with E-state index in [9.17, 15) is 26.3 Å². The predicted molar refractivity (Wildman–Crippen MR) is 120 cm³/mol. The largest absolute Gasteiger partial charge is 0.433 e. The molecule has 0 radical (unpaired) electrons. The lowest BCUT2D eigenvalue weighted by Gasteiger charge is -2.09. The fourth-order valence-electron chi connectivity index (χ4n) is 2.92. The number of pyridine rings is 2. The van der Waals surface area contributed by atoms with Gasteiger partial charge in [0.15, 0.2) is 0 Å². The third kappa shape index (κ3) is 6.01. The molecule has 0 aliphatic heterocycles. The van der Waals surface area contributed by atoms with Gasteiger partial charge < -0.3 is 5.11 Å². The van der Waals surface area contributed by atoms with Crippen molar-refractivity contribution < 1.29 is 31.4 Å². The standard InChI is InChI=1S/C11H7BrF3NO.C11H7BrF3N/c12-8-4-10(11(13,14)15)16-9-2-1-6(5-17)3-7(8)9;1-6-2-3-9-7(4-6)8(12)5-10(16-9)11(13,14)15/h1-4,17H,5H2;2-5H,1H3. The zero-order valence-electron chi connectivity index (χ0n) is 16.7. The molecule has 2 aromatic carbocycles. The molecule has 0 spiro atoms. The molecule has 2 heterocycles. The fraction of sp³-hybridized carbons (Fsp3) is 0.182. The highest BCUT2D eigenvalue weighted by Crippen LogP contribution is 2.34. The average Bonchev–Trinajstić information content (AvgIpc) is 2.73. The number of hydrogen-bond donors (Lipinski definition) is 1. The van der Waals surface area contributed by atoms with Gasteiger partial charge in [0, 0.05) is 19.7 Å². The Hall–Kier alpha value is -2.24. The molecular formula is C22H14Br2F6N2O. The minimum atomic E-state index is -4.47. The van der Waals surface area contributed by atoms with E-state index in [0.717, 1.165) is 17.7 Å². The van der Waals surface area contributed by atoms with E-state index in [4.69, 9.17) is 5.11 Å². The Morgan fingerprint density at radius 1 is 0.727 bits per heavy atom. The van der Waals surface area contributed by atoms with Gasteiger partial charge in [-0.05, 0) is 48.9 Å². The van der Waals surface area contributed by atoms with Crippen LogP contribution in [0.25, 0.3) is 21.8 Å². The topological polar surface area (TPSA) is 46.0 Å². The summed E-state index contributed by atoms with van der Waals surface area (Å²) in [5.41, 5.74) is 0.370. The first-order valence-electron chi connectivity index (χ1n) is 9.21.